The van der Waals surface area contributed by atoms with Crippen LogP contribution in [0.3, 0.4) is 0 Å². The topological polar surface area (TPSA) is 75.0 Å². The number of hydrogen-bond acceptors (Lipinski definition) is 4. The molecule has 1 amide bonds. The minimum Gasteiger partial charge on any atom is -0.356 e. The number of carbonyl (C=O) groups is 1. The van der Waals surface area contributed by atoms with Gasteiger partial charge in [-0.25, -0.2) is 0 Å². The Morgan fingerprint density at radius 2 is 2.15 bits per heavy atom. The Bertz CT molecular complexity index is 915. The average molecular weight is 364 g/mol. The van der Waals surface area contributed by atoms with Crippen molar-refractivity contribution in [2.24, 2.45) is 0 Å². The standard InChI is InChI=1S/C21H24N4O2/c1-14-11-19(27-24-14)18-12-22-23-20(18)17-9-6-10-25(13-17)21(26)15(2)16-7-4-3-5-8-16/h3-5,7-8,11-12,15,17H,6,9-10,13H2,1-2H3,(H,22,23)/t15-,17+/m1/s1. The summed E-state index contributed by atoms with van der Waals surface area (Å²) in [6, 6.07) is 11.9. The van der Waals surface area contributed by atoms with Gasteiger partial charge in [0.2, 0.25) is 5.91 Å². The molecule has 4 rings (SSSR count). The number of nitrogens with one attached hydrogen (secondary N) is 1. The first-order valence-corrected chi connectivity index (χ1v) is 9.44. The highest BCUT2D eigenvalue weighted by Gasteiger charge is 2.30. The summed E-state index contributed by atoms with van der Waals surface area (Å²) in [5.74, 6) is 0.983. The number of aromatic nitrogens is 3. The van der Waals surface area contributed by atoms with Gasteiger partial charge >= 0.3 is 0 Å². The van der Waals surface area contributed by atoms with Gasteiger partial charge < -0.3 is 9.42 Å². The van der Waals surface area contributed by atoms with Gasteiger partial charge in [0.25, 0.3) is 0 Å². The number of nitrogens with zero attached hydrogens (tertiary/aromatic N) is 3. The molecule has 3 aromatic rings. The van der Waals surface area contributed by atoms with E-state index in [0.29, 0.717) is 6.54 Å². The van der Waals surface area contributed by atoms with E-state index >= 15 is 0 Å². The van der Waals surface area contributed by atoms with Crippen molar-refractivity contribution in [3.63, 3.8) is 0 Å². The van der Waals surface area contributed by atoms with Crippen molar-refractivity contribution in [2.75, 3.05) is 13.1 Å². The van der Waals surface area contributed by atoms with Gasteiger partial charge in [-0.05, 0) is 32.3 Å². The molecule has 1 aliphatic heterocycles. The Morgan fingerprint density at radius 3 is 2.89 bits per heavy atom. The third kappa shape index (κ3) is 3.52. The van der Waals surface area contributed by atoms with Crippen molar-refractivity contribution in [3.05, 3.63) is 59.5 Å². The van der Waals surface area contributed by atoms with E-state index in [-0.39, 0.29) is 17.7 Å². The molecule has 0 radical (unpaired) electrons. The third-order valence-corrected chi connectivity index (χ3v) is 5.37. The molecule has 1 N–H and O–H groups in total. The van der Waals surface area contributed by atoms with E-state index in [0.717, 1.165) is 47.7 Å². The Kier molecular flexibility index (Phi) is 4.79. The molecule has 0 aliphatic carbocycles. The van der Waals surface area contributed by atoms with Crippen molar-refractivity contribution in [3.8, 4) is 11.3 Å². The van der Waals surface area contributed by atoms with Crippen LogP contribution in [0.15, 0.2) is 47.1 Å². The maximum Gasteiger partial charge on any atom is 0.229 e. The second-order valence-corrected chi connectivity index (χ2v) is 7.29. The zero-order chi connectivity index (χ0) is 18.8. The van der Waals surface area contributed by atoms with Crippen LogP contribution in [0.5, 0.6) is 0 Å². The lowest BCUT2D eigenvalue weighted by Gasteiger charge is -2.34. The maximum absolute atomic E-state index is 13.0. The monoisotopic (exact) mass is 364 g/mol. The Hall–Kier alpha value is -2.89. The van der Waals surface area contributed by atoms with Gasteiger partial charge in [0.15, 0.2) is 5.76 Å². The van der Waals surface area contributed by atoms with Crippen LogP contribution in [0, 0.1) is 6.92 Å². The SMILES string of the molecule is Cc1cc(-c2cn[nH]c2[C@H]2CCCN(C(=O)[C@H](C)c3ccccc3)C2)on1. The van der Waals surface area contributed by atoms with Crippen molar-refractivity contribution in [2.45, 2.75) is 38.5 Å². The zero-order valence-electron chi connectivity index (χ0n) is 15.7. The number of benzene rings is 1. The fraction of sp³-hybridized carbons (Fsp3) is 0.381. The van der Waals surface area contributed by atoms with Crippen LogP contribution in [0.25, 0.3) is 11.3 Å². The summed E-state index contributed by atoms with van der Waals surface area (Å²) < 4.78 is 5.42. The summed E-state index contributed by atoms with van der Waals surface area (Å²) in [6.45, 7) is 5.38. The summed E-state index contributed by atoms with van der Waals surface area (Å²) in [5.41, 5.74) is 3.86. The van der Waals surface area contributed by atoms with Crippen LogP contribution >= 0.6 is 0 Å². The van der Waals surface area contributed by atoms with E-state index in [4.69, 9.17) is 4.52 Å². The van der Waals surface area contributed by atoms with E-state index in [1.54, 1.807) is 6.20 Å². The Morgan fingerprint density at radius 1 is 1.33 bits per heavy atom. The first-order chi connectivity index (χ1) is 13.1. The number of hydrogen-bond donors (Lipinski definition) is 1. The smallest absolute Gasteiger partial charge is 0.229 e. The molecule has 6 nitrogen and oxygen atoms in total. The summed E-state index contributed by atoms with van der Waals surface area (Å²) >= 11 is 0. The van der Waals surface area contributed by atoms with Crippen LogP contribution in [0.4, 0.5) is 0 Å². The minimum absolute atomic E-state index is 0.136. The summed E-state index contributed by atoms with van der Waals surface area (Å²) in [4.78, 5) is 15.0. The van der Waals surface area contributed by atoms with Gasteiger partial charge in [-0.2, -0.15) is 5.10 Å². The molecule has 0 spiro atoms. The van der Waals surface area contributed by atoms with Crippen LogP contribution in [0.1, 0.15) is 48.6 Å². The fourth-order valence-corrected chi connectivity index (χ4v) is 3.87. The van der Waals surface area contributed by atoms with Crippen molar-refractivity contribution < 1.29 is 9.32 Å². The van der Waals surface area contributed by atoms with Gasteiger partial charge in [0, 0.05) is 25.1 Å². The van der Waals surface area contributed by atoms with Gasteiger partial charge in [0.1, 0.15) is 0 Å². The Labute approximate surface area is 158 Å². The van der Waals surface area contributed by atoms with Crippen molar-refractivity contribution in [1.29, 1.82) is 0 Å². The van der Waals surface area contributed by atoms with Crippen LogP contribution in [-0.2, 0) is 4.79 Å². The van der Waals surface area contributed by atoms with Crippen LogP contribution < -0.4 is 0 Å². The molecule has 1 fully saturated rings. The van der Waals surface area contributed by atoms with Gasteiger partial charge in [0.05, 0.1) is 29.1 Å². The molecule has 1 aromatic carbocycles. The zero-order valence-corrected chi connectivity index (χ0v) is 15.7. The molecule has 1 saturated heterocycles. The molecule has 2 atom stereocenters. The minimum atomic E-state index is -0.136. The molecule has 1 aliphatic rings. The highest BCUT2D eigenvalue weighted by Crippen LogP contribution is 2.34. The predicted octanol–water partition coefficient (Wildman–Crippen LogP) is 3.88. The highest BCUT2D eigenvalue weighted by molar-refractivity contribution is 5.83. The third-order valence-electron chi connectivity index (χ3n) is 5.37. The number of aryl methyl sites for hydroxylation is 1. The maximum atomic E-state index is 13.0. The lowest BCUT2D eigenvalue weighted by Crippen LogP contribution is -2.41. The second-order valence-electron chi connectivity index (χ2n) is 7.29. The molecular weight excluding hydrogens is 340 g/mol. The molecule has 0 unspecified atom stereocenters. The van der Waals surface area contributed by atoms with Gasteiger partial charge in [-0.15, -0.1) is 0 Å². The van der Waals surface area contributed by atoms with Crippen molar-refractivity contribution >= 4 is 5.91 Å². The van der Waals surface area contributed by atoms with E-state index in [9.17, 15) is 4.79 Å². The number of carbonyl (C=O) groups excluding carboxylic acids is 1. The highest BCUT2D eigenvalue weighted by atomic mass is 16.5. The molecule has 140 valence electrons. The Balaban J connectivity index is 1.52. The number of rotatable bonds is 4. The van der Waals surface area contributed by atoms with Crippen LogP contribution in [0.2, 0.25) is 0 Å². The molecule has 2 aromatic heterocycles. The quantitative estimate of drug-likeness (QED) is 0.762. The number of aromatic amines is 1. The molecule has 3 heterocycles. The van der Waals surface area contributed by atoms with E-state index < -0.39 is 0 Å². The van der Waals surface area contributed by atoms with Crippen LogP contribution in [-0.4, -0.2) is 39.3 Å². The largest absolute Gasteiger partial charge is 0.356 e. The summed E-state index contributed by atoms with van der Waals surface area (Å²) in [7, 11) is 0. The fourth-order valence-electron chi connectivity index (χ4n) is 3.87. The predicted molar refractivity (Wildman–Crippen MR) is 102 cm³/mol. The van der Waals surface area contributed by atoms with Gasteiger partial charge in [-0.1, -0.05) is 35.5 Å². The van der Waals surface area contributed by atoms with E-state index in [2.05, 4.69) is 15.4 Å². The molecule has 27 heavy (non-hydrogen) atoms. The lowest BCUT2D eigenvalue weighted by molar-refractivity contribution is -0.133. The summed E-state index contributed by atoms with van der Waals surface area (Å²) in [5, 5.41) is 11.3. The average Bonchev–Trinajstić information content (AvgIpc) is 3.36. The van der Waals surface area contributed by atoms with E-state index in [1.165, 1.54) is 0 Å². The normalized spacial score (nSPS) is 18.4. The number of piperidine rings is 1. The first-order valence-electron chi connectivity index (χ1n) is 9.44. The second kappa shape index (κ2) is 7.39. The molecular formula is C21H24N4O2. The summed E-state index contributed by atoms with van der Waals surface area (Å²) in [6.07, 6.45) is 3.78. The molecule has 0 saturated carbocycles. The number of likely N-dealkylation sites (tertiary alicyclic amines) is 1. The number of H-pyrrole nitrogens is 1. The molecule has 0 bridgehead atoms. The van der Waals surface area contributed by atoms with E-state index in [1.807, 2.05) is 55.1 Å². The number of amides is 1. The lowest BCUT2D eigenvalue weighted by atomic mass is 9.90. The first kappa shape index (κ1) is 17.5. The molecule has 6 heteroatoms. The van der Waals surface area contributed by atoms with Gasteiger partial charge in [-0.3, -0.25) is 9.89 Å². The van der Waals surface area contributed by atoms with Crippen molar-refractivity contribution in [1.82, 2.24) is 20.3 Å².